The van der Waals surface area contributed by atoms with Gasteiger partial charge in [0.2, 0.25) is 0 Å². The molecule has 0 bridgehead atoms. The van der Waals surface area contributed by atoms with E-state index in [2.05, 4.69) is 0 Å². The molecule has 2 rings (SSSR count). The fourth-order valence-electron chi connectivity index (χ4n) is 2.29. The van der Waals surface area contributed by atoms with Gasteiger partial charge in [0.25, 0.3) is 0 Å². The molecule has 0 radical (unpaired) electrons. The van der Waals surface area contributed by atoms with Crippen molar-refractivity contribution in [2.75, 3.05) is 28.4 Å². The lowest BCUT2D eigenvalue weighted by molar-refractivity contribution is 0.104. The van der Waals surface area contributed by atoms with Crippen molar-refractivity contribution in [1.29, 1.82) is 0 Å². The first kappa shape index (κ1) is 18.2. The molecular weight excluding hydrogens is 324 g/mol. The molecule has 1 N–H and O–H groups in total. The normalized spacial score (nSPS) is 10.6. The van der Waals surface area contributed by atoms with E-state index < -0.39 is 0 Å². The molecule has 0 heterocycles. The van der Waals surface area contributed by atoms with Crippen LogP contribution in [-0.4, -0.2) is 39.3 Å². The first-order chi connectivity index (χ1) is 12.0. The predicted octanol–water partition coefficient (Wildman–Crippen LogP) is 3.32. The topological polar surface area (TPSA) is 74.2 Å². The highest BCUT2D eigenvalue weighted by Crippen LogP contribution is 2.35. The molecule has 0 fully saturated rings. The second-order valence-corrected chi connectivity index (χ2v) is 5.03. The Morgan fingerprint density at radius 1 is 0.880 bits per heavy atom. The smallest absolute Gasteiger partial charge is 0.189 e. The summed E-state index contributed by atoms with van der Waals surface area (Å²) in [5.74, 6) is 1.54. The molecule has 2 aromatic carbocycles. The van der Waals surface area contributed by atoms with Crippen LogP contribution in [0.4, 0.5) is 0 Å². The zero-order valence-corrected chi connectivity index (χ0v) is 14.5. The van der Waals surface area contributed by atoms with Crippen molar-refractivity contribution in [3.8, 4) is 28.7 Å². The maximum Gasteiger partial charge on any atom is 0.189 e. The Balaban J connectivity index is 2.40. The van der Waals surface area contributed by atoms with Gasteiger partial charge in [-0.1, -0.05) is 0 Å². The van der Waals surface area contributed by atoms with Gasteiger partial charge in [0.15, 0.2) is 5.78 Å². The number of carbonyl (C=O) groups is 1. The Bertz CT molecular complexity index is 769. The Kier molecular flexibility index (Phi) is 5.89. The summed E-state index contributed by atoms with van der Waals surface area (Å²) in [5, 5.41) is 9.89. The molecule has 2 aromatic rings. The number of phenolic OH excluding ortho intramolecular Hbond substituents is 1. The van der Waals surface area contributed by atoms with Crippen LogP contribution in [0.5, 0.6) is 28.7 Å². The van der Waals surface area contributed by atoms with Crippen LogP contribution in [0.2, 0.25) is 0 Å². The molecule has 0 spiro atoms. The van der Waals surface area contributed by atoms with Crippen LogP contribution >= 0.6 is 0 Å². The van der Waals surface area contributed by atoms with E-state index >= 15 is 0 Å². The lowest BCUT2D eigenvalue weighted by atomic mass is 10.1. The molecule has 6 heteroatoms. The van der Waals surface area contributed by atoms with E-state index in [0.717, 1.165) is 0 Å². The van der Waals surface area contributed by atoms with Crippen molar-refractivity contribution in [3.05, 3.63) is 47.5 Å². The number of allylic oxidation sites excluding steroid dienone is 1. The number of hydrogen-bond donors (Lipinski definition) is 1. The SMILES string of the molecule is COc1cc(OC)c(/C=C/C(=O)c2cc(OC)ccc2O)c(OC)c1. The number of methoxy groups -OCH3 is 4. The third-order valence-electron chi connectivity index (χ3n) is 3.62. The van der Waals surface area contributed by atoms with E-state index in [9.17, 15) is 9.90 Å². The zero-order valence-electron chi connectivity index (χ0n) is 14.5. The fraction of sp³-hybridized carbons (Fsp3) is 0.211. The quantitative estimate of drug-likeness (QED) is 0.613. The number of rotatable bonds is 7. The summed E-state index contributed by atoms with van der Waals surface area (Å²) in [4.78, 5) is 12.4. The number of aromatic hydroxyl groups is 1. The van der Waals surface area contributed by atoms with Gasteiger partial charge in [0, 0.05) is 12.1 Å². The molecule has 0 aliphatic heterocycles. The van der Waals surface area contributed by atoms with Crippen molar-refractivity contribution in [3.63, 3.8) is 0 Å². The highest BCUT2D eigenvalue weighted by molar-refractivity contribution is 6.09. The number of benzene rings is 2. The Labute approximate surface area is 146 Å². The molecule has 25 heavy (non-hydrogen) atoms. The van der Waals surface area contributed by atoms with Gasteiger partial charge in [-0.2, -0.15) is 0 Å². The second kappa shape index (κ2) is 8.10. The Hall–Kier alpha value is -3.15. The molecule has 0 saturated carbocycles. The van der Waals surface area contributed by atoms with E-state index in [-0.39, 0.29) is 17.1 Å². The first-order valence-electron chi connectivity index (χ1n) is 7.43. The number of carbonyl (C=O) groups excluding carboxylic acids is 1. The second-order valence-electron chi connectivity index (χ2n) is 5.03. The minimum atomic E-state index is -0.378. The maximum atomic E-state index is 12.4. The third kappa shape index (κ3) is 4.03. The summed E-state index contributed by atoms with van der Waals surface area (Å²) < 4.78 is 20.9. The minimum absolute atomic E-state index is 0.121. The lowest BCUT2D eigenvalue weighted by Crippen LogP contribution is -1.98. The van der Waals surface area contributed by atoms with Crippen LogP contribution in [0.3, 0.4) is 0 Å². The zero-order chi connectivity index (χ0) is 18.4. The van der Waals surface area contributed by atoms with Crippen LogP contribution < -0.4 is 18.9 Å². The monoisotopic (exact) mass is 344 g/mol. The Morgan fingerprint density at radius 3 is 2.00 bits per heavy atom. The van der Waals surface area contributed by atoms with Crippen LogP contribution in [0.1, 0.15) is 15.9 Å². The number of ether oxygens (including phenoxy) is 4. The van der Waals surface area contributed by atoms with Gasteiger partial charge in [-0.15, -0.1) is 0 Å². The molecule has 0 amide bonds. The van der Waals surface area contributed by atoms with Crippen molar-refractivity contribution >= 4 is 11.9 Å². The average molecular weight is 344 g/mol. The van der Waals surface area contributed by atoms with Crippen LogP contribution in [0, 0.1) is 0 Å². The van der Waals surface area contributed by atoms with Gasteiger partial charge in [-0.05, 0) is 30.4 Å². The highest BCUT2D eigenvalue weighted by Gasteiger charge is 2.13. The number of phenols is 1. The van der Waals surface area contributed by atoms with Crippen molar-refractivity contribution in [2.24, 2.45) is 0 Å². The first-order valence-corrected chi connectivity index (χ1v) is 7.43. The van der Waals surface area contributed by atoms with Crippen molar-refractivity contribution in [2.45, 2.75) is 0 Å². The van der Waals surface area contributed by atoms with Gasteiger partial charge in [-0.25, -0.2) is 0 Å². The van der Waals surface area contributed by atoms with Gasteiger partial charge < -0.3 is 24.1 Å². The summed E-state index contributed by atoms with van der Waals surface area (Å²) in [5.41, 5.74) is 0.726. The fourth-order valence-corrected chi connectivity index (χ4v) is 2.29. The number of hydrogen-bond acceptors (Lipinski definition) is 6. The van der Waals surface area contributed by atoms with E-state index in [0.29, 0.717) is 28.6 Å². The van der Waals surface area contributed by atoms with Crippen molar-refractivity contribution in [1.82, 2.24) is 0 Å². The lowest BCUT2D eigenvalue weighted by Gasteiger charge is -2.12. The Morgan fingerprint density at radius 2 is 1.48 bits per heavy atom. The standard InChI is InChI=1S/C19H20O6/c1-22-12-5-7-16(20)15(9-12)17(21)8-6-14-18(24-3)10-13(23-2)11-19(14)25-4/h5-11,20H,1-4H3/b8-6+. The van der Waals surface area contributed by atoms with Gasteiger partial charge in [0.05, 0.1) is 39.6 Å². The van der Waals surface area contributed by atoms with E-state index in [1.54, 1.807) is 31.4 Å². The molecule has 0 saturated heterocycles. The molecule has 0 unspecified atom stereocenters. The number of ketones is 1. The molecular formula is C19H20O6. The highest BCUT2D eigenvalue weighted by atomic mass is 16.5. The molecule has 6 nitrogen and oxygen atoms in total. The molecule has 0 aliphatic rings. The predicted molar refractivity (Wildman–Crippen MR) is 94.1 cm³/mol. The summed E-state index contributed by atoms with van der Waals surface area (Å²) in [6, 6.07) is 7.84. The summed E-state index contributed by atoms with van der Waals surface area (Å²) in [6.45, 7) is 0. The van der Waals surface area contributed by atoms with E-state index in [4.69, 9.17) is 18.9 Å². The van der Waals surface area contributed by atoms with Gasteiger partial charge in [0.1, 0.15) is 28.7 Å². The molecule has 0 aliphatic carbocycles. The molecule has 0 atom stereocenters. The van der Waals surface area contributed by atoms with Crippen LogP contribution in [-0.2, 0) is 0 Å². The molecule has 132 valence electrons. The summed E-state index contributed by atoms with van der Waals surface area (Å²) >= 11 is 0. The van der Waals surface area contributed by atoms with Gasteiger partial charge >= 0.3 is 0 Å². The van der Waals surface area contributed by atoms with Gasteiger partial charge in [-0.3, -0.25) is 4.79 Å². The van der Waals surface area contributed by atoms with E-state index in [1.165, 1.54) is 39.5 Å². The minimum Gasteiger partial charge on any atom is -0.507 e. The average Bonchev–Trinajstić information content (AvgIpc) is 2.65. The van der Waals surface area contributed by atoms with Crippen LogP contribution in [0.25, 0.3) is 6.08 Å². The maximum absolute atomic E-state index is 12.4. The molecule has 0 aromatic heterocycles. The van der Waals surface area contributed by atoms with Crippen molar-refractivity contribution < 1.29 is 28.8 Å². The van der Waals surface area contributed by atoms with Crippen LogP contribution in [0.15, 0.2) is 36.4 Å². The summed E-state index contributed by atoms with van der Waals surface area (Å²) in [6.07, 6.45) is 2.90. The summed E-state index contributed by atoms with van der Waals surface area (Å²) in [7, 11) is 6.06. The third-order valence-corrected chi connectivity index (χ3v) is 3.62. The van der Waals surface area contributed by atoms with E-state index in [1.807, 2.05) is 0 Å². The largest absolute Gasteiger partial charge is 0.507 e.